The van der Waals surface area contributed by atoms with Gasteiger partial charge in [-0.3, -0.25) is 9.69 Å². The van der Waals surface area contributed by atoms with Crippen LogP contribution in [0.15, 0.2) is 59.4 Å². The molecule has 0 saturated carbocycles. The van der Waals surface area contributed by atoms with Gasteiger partial charge < -0.3 is 4.98 Å². The first kappa shape index (κ1) is 20.9. The van der Waals surface area contributed by atoms with Crippen LogP contribution in [-0.2, 0) is 25.2 Å². The third-order valence-corrected chi connectivity index (χ3v) is 5.34. The number of hydrogen-bond donors (Lipinski definition) is 1. The summed E-state index contributed by atoms with van der Waals surface area (Å²) in [6.07, 6.45) is 0. The number of aromatic nitrogens is 5. The highest BCUT2D eigenvalue weighted by molar-refractivity contribution is 5.81. The Bertz CT molecular complexity index is 1240. The molecule has 2 aromatic carbocycles. The number of para-hydroxylation sites is 1. The van der Waals surface area contributed by atoms with E-state index in [9.17, 15) is 4.79 Å². The van der Waals surface area contributed by atoms with Crippen LogP contribution < -0.4 is 5.56 Å². The average Bonchev–Trinajstić information content (AvgIpc) is 3.19. The predicted molar refractivity (Wildman–Crippen MR) is 122 cm³/mol. The second-order valence-corrected chi connectivity index (χ2v) is 8.97. The van der Waals surface area contributed by atoms with Gasteiger partial charge in [-0.25, -0.2) is 4.68 Å². The summed E-state index contributed by atoms with van der Waals surface area (Å²) in [5.41, 5.74) is 3.56. The molecule has 0 bridgehead atoms. The van der Waals surface area contributed by atoms with Gasteiger partial charge in [-0.05, 0) is 60.7 Å². The summed E-state index contributed by atoms with van der Waals surface area (Å²) in [5.74, 6) is 0.775. The van der Waals surface area contributed by atoms with Crippen molar-refractivity contribution in [2.24, 2.45) is 0 Å². The van der Waals surface area contributed by atoms with Gasteiger partial charge in [-0.2, -0.15) is 0 Å². The fraction of sp³-hybridized carbons (Fsp3) is 0.333. The van der Waals surface area contributed by atoms with Gasteiger partial charge in [0.1, 0.15) is 0 Å². The molecule has 2 aromatic heterocycles. The Kier molecular flexibility index (Phi) is 5.69. The van der Waals surface area contributed by atoms with Crippen LogP contribution in [0.1, 0.15) is 43.3 Å². The van der Waals surface area contributed by atoms with E-state index in [0.717, 1.165) is 27.9 Å². The lowest BCUT2D eigenvalue weighted by atomic mass is 10.1. The van der Waals surface area contributed by atoms with E-state index >= 15 is 0 Å². The lowest BCUT2D eigenvalue weighted by Crippen LogP contribution is -2.31. The second kappa shape index (κ2) is 8.43. The molecule has 0 aliphatic carbocycles. The van der Waals surface area contributed by atoms with Gasteiger partial charge in [-0.15, -0.1) is 5.10 Å². The second-order valence-electron chi connectivity index (χ2n) is 8.97. The van der Waals surface area contributed by atoms with Crippen LogP contribution >= 0.6 is 0 Å². The maximum absolute atomic E-state index is 12.9. The first-order valence-electron chi connectivity index (χ1n) is 10.5. The van der Waals surface area contributed by atoms with E-state index in [0.29, 0.717) is 19.6 Å². The van der Waals surface area contributed by atoms with Crippen LogP contribution in [-0.4, -0.2) is 30.1 Å². The number of nitrogens with one attached hydrogen (secondary N) is 1. The maximum Gasteiger partial charge on any atom is 0.252 e. The number of H-pyrrole nitrogens is 1. The number of aromatic amines is 1. The van der Waals surface area contributed by atoms with Gasteiger partial charge in [0.25, 0.3) is 5.56 Å². The minimum absolute atomic E-state index is 0.0599. The number of rotatable bonds is 6. The molecule has 31 heavy (non-hydrogen) atoms. The third-order valence-electron chi connectivity index (χ3n) is 5.34. The maximum atomic E-state index is 12.9. The summed E-state index contributed by atoms with van der Waals surface area (Å²) >= 11 is 0. The molecule has 0 saturated heterocycles. The number of benzene rings is 2. The van der Waals surface area contributed by atoms with E-state index in [1.54, 1.807) is 0 Å². The molecule has 7 nitrogen and oxygen atoms in total. The Morgan fingerprint density at radius 3 is 2.52 bits per heavy atom. The molecule has 4 rings (SSSR count). The Hall–Kier alpha value is -3.32. The van der Waals surface area contributed by atoms with Crippen molar-refractivity contribution in [3.8, 4) is 0 Å². The first-order valence-corrected chi connectivity index (χ1v) is 10.5. The average molecular weight is 417 g/mol. The van der Waals surface area contributed by atoms with Gasteiger partial charge >= 0.3 is 0 Å². The van der Waals surface area contributed by atoms with Crippen LogP contribution in [0.25, 0.3) is 10.9 Å². The molecule has 0 aliphatic rings. The van der Waals surface area contributed by atoms with E-state index in [2.05, 4.69) is 58.3 Å². The third kappa shape index (κ3) is 4.72. The fourth-order valence-electron chi connectivity index (χ4n) is 3.82. The lowest BCUT2D eigenvalue weighted by molar-refractivity contribution is 0.223. The summed E-state index contributed by atoms with van der Waals surface area (Å²) < 4.78 is 1.85. The molecule has 0 fully saturated rings. The summed E-state index contributed by atoms with van der Waals surface area (Å²) in [6.45, 7) is 9.94. The van der Waals surface area contributed by atoms with Crippen molar-refractivity contribution in [3.05, 3.63) is 87.5 Å². The van der Waals surface area contributed by atoms with Gasteiger partial charge in [0.2, 0.25) is 0 Å². The van der Waals surface area contributed by atoms with Crippen LogP contribution in [0.5, 0.6) is 0 Å². The quantitative estimate of drug-likeness (QED) is 0.517. The molecule has 1 N–H and O–H groups in total. The summed E-state index contributed by atoms with van der Waals surface area (Å²) in [5, 5.41) is 13.4. The van der Waals surface area contributed by atoms with Gasteiger partial charge in [0, 0.05) is 18.7 Å². The Morgan fingerprint density at radius 2 is 1.77 bits per heavy atom. The number of hydrogen-bond acceptors (Lipinski definition) is 5. The molecule has 2 heterocycles. The first-order chi connectivity index (χ1) is 14.8. The molecule has 0 radical (unpaired) electrons. The summed E-state index contributed by atoms with van der Waals surface area (Å²) in [6, 6.07) is 18.3. The van der Waals surface area contributed by atoms with Crippen molar-refractivity contribution in [2.75, 3.05) is 0 Å². The number of pyridine rings is 1. The van der Waals surface area contributed by atoms with Crippen molar-refractivity contribution in [3.63, 3.8) is 0 Å². The number of tetrazole rings is 1. The summed E-state index contributed by atoms with van der Waals surface area (Å²) in [7, 11) is 0. The lowest BCUT2D eigenvalue weighted by Gasteiger charge is -2.25. The van der Waals surface area contributed by atoms with Gasteiger partial charge in [-0.1, -0.05) is 48.5 Å². The zero-order chi connectivity index (χ0) is 22.0. The largest absolute Gasteiger partial charge is 0.321 e. The monoisotopic (exact) mass is 416 g/mol. The van der Waals surface area contributed by atoms with Crippen LogP contribution in [0.2, 0.25) is 0 Å². The Balaban J connectivity index is 1.68. The highest BCUT2D eigenvalue weighted by Crippen LogP contribution is 2.19. The molecule has 0 spiro atoms. The van der Waals surface area contributed by atoms with E-state index in [1.165, 1.54) is 5.56 Å². The van der Waals surface area contributed by atoms with Gasteiger partial charge in [0.15, 0.2) is 5.82 Å². The minimum Gasteiger partial charge on any atom is -0.321 e. The molecule has 4 aromatic rings. The highest BCUT2D eigenvalue weighted by Gasteiger charge is 2.22. The van der Waals surface area contributed by atoms with Gasteiger partial charge in [0.05, 0.1) is 17.6 Å². The van der Waals surface area contributed by atoms with E-state index < -0.39 is 0 Å². The molecule has 7 heteroatoms. The van der Waals surface area contributed by atoms with E-state index in [-0.39, 0.29) is 11.1 Å². The van der Waals surface area contributed by atoms with Crippen LogP contribution in [0.3, 0.4) is 0 Å². The molecule has 0 atom stereocenters. The zero-order valence-corrected chi connectivity index (χ0v) is 18.5. The minimum atomic E-state index is -0.227. The molecule has 0 unspecified atom stereocenters. The van der Waals surface area contributed by atoms with Crippen LogP contribution in [0, 0.1) is 6.92 Å². The zero-order valence-electron chi connectivity index (χ0n) is 18.5. The highest BCUT2D eigenvalue weighted by atomic mass is 16.1. The Morgan fingerprint density at radius 1 is 1.00 bits per heavy atom. The fourth-order valence-corrected chi connectivity index (χ4v) is 3.82. The SMILES string of the molecule is Cc1cccc2cc(CN(Cc3ccccc3)Cc3nnnn3C(C)(C)C)c(=O)[nH]c12. The number of aryl methyl sites for hydroxylation is 1. The van der Waals surface area contributed by atoms with Crippen molar-refractivity contribution in [1.82, 2.24) is 30.1 Å². The van der Waals surface area contributed by atoms with Crippen LogP contribution in [0.4, 0.5) is 0 Å². The molecule has 160 valence electrons. The predicted octanol–water partition coefficient (Wildman–Crippen LogP) is 3.78. The van der Waals surface area contributed by atoms with Crippen molar-refractivity contribution in [1.29, 1.82) is 0 Å². The van der Waals surface area contributed by atoms with Crippen molar-refractivity contribution in [2.45, 2.75) is 52.9 Å². The molecular formula is C24H28N6O. The molecule has 0 aliphatic heterocycles. The standard InChI is InChI=1S/C24H28N6O/c1-17-9-8-12-19-13-20(23(31)25-22(17)19)15-29(14-18-10-6-5-7-11-18)16-21-26-27-28-30(21)24(2,3)4/h5-13H,14-16H2,1-4H3,(H,25,31). The molecule has 0 amide bonds. The molecular weight excluding hydrogens is 388 g/mol. The Labute approximate surface area is 181 Å². The van der Waals surface area contributed by atoms with E-state index in [4.69, 9.17) is 0 Å². The summed E-state index contributed by atoms with van der Waals surface area (Å²) in [4.78, 5) is 18.1. The topological polar surface area (TPSA) is 79.7 Å². The van der Waals surface area contributed by atoms with Crippen molar-refractivity contribution < 1.29 is 0 Å². The number of nitrogens with zero attached hydrogens (tertiary/aromatic N) is 5. The van der Waals surface area contributed by atoms with Crippen molar-refractivity contribution >= 4 is 10.9 Å². The number of fused-ring (bicyclic) bond motifs is 1. The van der Waals surface area contributed by atoms with E-state index in [1.807, 2.05) is 54.1 Å². The normalized spacial score (nSPS) is 12.0. The smallest absolute Gasteiger partial charge is 0.252 e.